The minimum atomic E-state index is -0.233. The largest absolute Gasteiger partial charge is 0.484 e. The van der Waals surface area contributed by atoms with Crippen LogP contribution < -0.4 is 15.4 Å². The number of benzene rings is 3. The molecule has 5 nitrogen and oxygen atoms in total. The Kier molecular flexibility index (Phi) is 6.63. The number of rotatable bonds is 7. The maximum absolute atomic E-state index is 12.2. The molecular weight excluding hydrogens is 364 g/mol. The van der Waals surface area contributed by atoms with Crippen LogP contribution in [-0.2, 0) is 11.3 Å². The Balaban J connectivity index is 1.49. The third-order valence-electron chi connectivity index (χ3n) is 4.45. The first kappa shape index (κ1) is 20.1. The molecule has 3 aromatic rings. The second-order valence-electron chi connectivity index (χ2n) is 6.85. The molecular formula is C24H24N2O3. The highest BCUT2D eigenvalue weighted by atomic mass is 16.5. The number of carbonyl (C=O) groups excluding carboxylic acids is 2. The van der Waals surface area contributed by atoms with Gasteiger partial charge in [-0.3, -0.25) is 9.59 Å². The Hall–Kier alpha value is -3.60. The third-order valence-corrected chi connectivity index (χ3v) is 4.45. The van der Waals surface area contributed by atoms with E-state index in [1.54, 1.807) is 24.3 Å². The lowest BCUT2D eigenvalue weighted by molar-refractivity contribution is -0.118. The zero-order valence-corrected chi connectivity index (χ0v) is 16.6. The molecule has 0 aliphatic carbocycles. The van der Waals surface area contributed by atoms with E-state index in [9.17, 15) is 9.59 Å². The van der Waals surface area contributed by atoms with Crippen LogP contribution in [0, 0.1) is 13.8 Å². The number of ether oxygens (including phenoxy) is 1. The van der Waals surface area contributed by atoms with Gasteiger partial charge in [-0.05, 0) is 60.9 Å². The number of hydrogen-bond acceptors (Lipinski definition) is 3. The molecule has 0 aromatic heterocycles. The molecule has 0 saturated carbocycles. The standard InChI is InChI=1S/C24H24N2O3/c1-17-8-9-18(2)22(14-17)26-23(27)16-29-21-12-10-20(11-13-21)24(28)25-15-19-6-4-3-5-7-19/h3-14H,15-16H2,1-2H3,(H,25,28)(H,26,27). The van der Waals surface area contributed by atoms with E-state index in [0.717, 1.165) is 22.4 Å². The fourth-order valence-corrected chi connectivity index (χ4v) is 2.79. The Morgan fingerprint density at radius 1 is 0.897 bits per heavy atom. The molecule has 0 spiro atoms. The van der Waals surface area contributed by atoms with Crippen molar-refractivity contribution in [2.45, 2.75) is 20.4 Å². The van der Waals surface area contributed by atoms with Gasteiger partial charge in [-0.2, -0.15) is 0 Å². The van der Waals surface area contributed by atoms with Gasteiger partial charge in [0, 0.05) is 17.8 Å². The second kappa shape index (κ2) is 9.55. The zero-order valence-electron chi connectivity index (χ0n) is 16.6. The van der Waals surface area contributed by atoms with Gasteiger partial charge in [-0.15, -0.1) is 0 Å². The number of hydrogen-bond donors (Lipinski definition) is 2. The molecule has 2 N–H and O–H groups in total. The number of carbonyl (C=O) groups is 2. The number of amides is 2. The summed E-state index contributed by atoms with van der Waals surface area (Å²) in [5.41, 5.74) is 4.43. The second-order valence-corrected chi connectivity index (χ2v) is 6.85. The monoisotopic (exact) mass is 388 g/mol. The minimum Gasteiger partial charge on any atom is -0.484 e. The Morgan fingerprint density at radius 3 is 2.34 bits per heavy atom. The summed E-state index contributed by atoms with van der Waals surface area (Å²) in [4.78, 5) is 24.4. The summed E-state index contributed by atoms with van der Waals surface area (Å²) in [6.07, 6.45) is 0. The lowest BCUT2D eigenvalue weighted by Gasteiger charge is -2.11. The molecule has 0 heterocycles. The first-order valence-corrected chi connectivity index (χ1v) is 9.43. The van der Waals surface area contributed by atoms with Crippen LogP contribution in [0.3, 0.4) is 0 Å². The smallest absolute Gasteiger partial charge is 0.262 e. The van der Waals surface area contributed by atoms with Crippen molar-refractivity contribution in [3.05, 3.63) is 95.1 Å². The van der Waals surface area contributed by atoms with E-state index in [2.05, 4.69) is 10.6 Å². The topological polar surface area (TPSA) is 67.4 Å². The summed E-state index contributed by atoms with van der Waals surface area (Å²) < 4.78 is 5.53. The van der Waals surface area contributed by atoms with Gasteiger partial charge in [0.05, 0.1) is 0 Å². The van der Waals surface area contributed by atoms with Crippen LogP contribution in [0.2, 0.25) is 0 Å². The van der Waals surface area contributed by atoms with Gasteiger partial charge in [0.1, 0.15) is 5.75 Å². The van der Waals surface area contributed by atoms with Gasteiger partial charge in [0.25, 0.3) is 11.8 Å². The maximum atomic E-state index is 12.2. The molecule has 5 heteroatoms. The van der Waals surface area contributed by atoms with Crippen molar-refractivity contribution in [1.29, 1.82) is 0 Å². The molecule has 0 unspecified atom stereocenters. The fraction of sp³-hybridized carbons (Fsp3) is 0.167. The summed E-state index contributed by atoms with van der Waals surface area (Å²) in [5.74, 6) is 0.136. The molecule has 2 amide bonds. The van der Waals surface area contributed by atoms with Crippen LogP contribution in [0.1, 0.15) is 27.0 Å². The quantitative estimate of drug-likeness (QED) is 0.636. The molecule has 3 aromatic carbocycles. The van der Waals surface area contributed by atoms with E-state index < -0.39 is 0 Å². The molecule has 0 bridgehead atoms. The van der Waals surface area contributed by atoms with Crippen molar-refractivity contribution in [1.82, 2.24) is 5.32 Å². The highest BCUT2D eigenvalue weighted by Crippen LogP contribution is 2.17. The lowest BCUT2D eigenvalue weighted by Crippen LogP contribution is -2.23. The van der Waals surface area contributed by atoms with Gasteiger partial charge in [-0.1, -0.05) is 42.5 Å². The minimum absolute atomic E-state index is 0.104. The fourth-order valence-electron chi connectivity index (χ4n) is 2.79. The Bertz CT molecular complexity index is 983. The number of anilines is 1. The van der Waals surface area contributed by atoms with Crippen LogP contribution in [0.4, 0.5) is 5.69 Å². The number of aryl methyl sites for hydroxylation is 2. The molecule has 148 valence electrons. The highest BCUT2D eigenvalue weighted by molar-refractivity contribution is 5.94. The predicted molar refractivity (Wildman–Crippen MR) is 114 cm³/mol. The normalized spacial score (nSPS) is 10.3. The number of nitrogens with one attached hydrogen (secondary N) is 2. The average Bonchev–Trinajstić information content (AvgIpc) is 2.74. The van der Waals surface area contributed by atoms with Crippen LogP contribution in [0.25, 0.3) is 0 Å². The van der Waals surface area contributed by atoms with Crippen LogP contribution >= 0.6 is 0 Å². The predicted octanol–water partition coefficient (Wildman–Crippen LogP) is 4.25. The maximum Gasteiger partial charge on any atom is 0.262 e. The van der Waals surface area contributed by atoms with E-state index >= 15 is 0 Å². The summed E-state index contributed by atoms with van der Waals surface area (Å²) in [6, 6.07) is 22.3. The van der Waals surface area contributed by atoms with Crippen LogP contribution in [-0.4, -0.2) is 18.4 Å². The van der Waals surface area contributed by atoms with E-state index in [0.29, 0.717) is 17.9 Å². The third kappa shape index (κ3) is 5.94. The molecule has 29 heavy (non-hydrogen) atoms. The summed E-state index contributed by atoms with van der Waals surface area (Å²) in [6.45, 7) is 4.28. The van der Waals surface area contributed by atoms with E-state index in [1.165, 1.54) is 0 Å². The van der Waals surface area contributed by atoms with Crippen molar-refractivity contribution >= 4 is 17.5 Å². The van der Waals surface area contributed by atoms with Gasteiger partial charge >= 0.3 is 0 Å². The summed E-state index contributed by atoms with van der Waals surface area (Å²) in [7, 11) is 0. The summed E-state index contributed by atoms with van der Waals surface area (Å²) in [5, 5.41) is 5.73. The van der Waals surface area contributed by atoms with Gasteiger partial charge in [0.2, 0.25) is 0 Å². The van der Waals surface area contributed by atoms with Crippen molar-refractivity contribution in [3.8, 4) is 5.75 Å². The molecule has 3 rings (SSSR count). The Labute approximate surface area is 170 Å². The first-order valence-electron chi connectivity index (χ1n) is 9.43. The summed E-state index contributed by atoms with van der Waals surface area (Å²) >= 11 is 0. The molecule has 0 fully saturated rings. The molecule has 0 aliphatic rings. The zero-order chi connectivity index (χ0) is 20.6. The lowest BCUT2D eigenvalue weighted by atomic mass is 10.1. The van der Waals surface area contributed by atoms with Crippen molar-refractivity contribution < 1.29 is 14.3 Å². The van der Waals surface area contributed by atoms with Gasteiger partial charge in [-0.25, -0.2) is 0 Å². The Morgan fingerprint density at radius 2 is 1.62 bits per heavy atom. The van der Waals surface area contributed by atoms with Gasteiger partial charge < -0.3 is 15.4 Å². The van der Waals surface area contributed by atoms with Crippen LogP contribution in [0.15, 0.2) is 72.8 Å². The van der Waals surface area contributed by atoms with E-state index in [1.807, 2.05) is 62.4 Å². The van der Waals surface area contributed by atoms with Gasteiger partial charge in [0.15, 0.2) is 6.61 Å². The van der Waals surface area contributed by atoms with Crippen molar-refractivity contribution in [2.24, 2.45) is 0 Å². The van der Waals surface area contributed by atoms with Crippen molar-refractivity contribution in [2.75, 3.05) is 11.9 Å². The van der Waals surface area contributed by atoms with Crippen LogP contribution in [0.5, 0.6) is 5.75 Å². The molecule has 0 saturated heterocycles. The molecule has 0 radical (unpaired) electrons. The average molecular weight is 388 g/mol. The van der Waals surface area contributed by atoms with E-state index in [4.69, 9.17) is 4.74 Å². The van der Waals surface area contributed by atoms with E-state index in [-0.39, 0.29) is 18.4 Å². The van der Waals surface area contributed by atoms with Crippen molar-refractivity contribution in [3.63, 3.8) is 0 Å². The SMILES string of the molecule is Cc1ccc(C)c(NC(=O)COc2ccc(C(=O)NCc3ccccc3)cc2)c1. The molecule has 0 atom stereocenters. The molecule has 0 aliphatic heterocycles. The highest BCUT2D eigenvalue weighted by Gasteiger charge is 2.08. The first-order chi connectivity index (χ1) is 14.0.